The Hall–Kier alpha value is -2.34. The third kappa shape index (κ3) is 5.33. The second-order valence-electron chi connectivity index (χ2n) is 6.13. The predicted octanol–water partition coefficient (Wildman–Crippen LogP) is 4.13. The van der Waals surface area contributed by atoms with Gasteiger partial charge in [0.15, 0.2) is 6.61 Å². The van der Waals surface area contributed by atoms with E-state index >= 15 is 0 Å². The average Bonchev–Trinajstić information content (AvgIpc) is 2.64. The smallest absolute Gasteiger partial charge is 0.337 e. The maximum absolute atomic E-state index is 12.3. The van der Waals surface area contributed by atoms with E-state index in [4.69, 9.17) is 4.74 Å². The first kappa shape index (κ1) is 20.0. The van der Waals surface area contributed by atoms with E-state index in [1.165, 1.54) is 7.11 Å². The van der Waals surface area contributed by atoms with Crippen LogP contribution < -0.4 is 10.1 Å². The second kappa shape index (κ2) is 9.38. The molecule has 0 aliphatic carbocycles. The zero-order chi connectivity index (χ0) is 19.1. The van der Waals surface area contributed by atoms with E-state index in [0.29, 0.717) is 15.8 Å². The zero-order valence-corrected chi connectivity index (χ0v) is 16.6. The fourth-order valence-corrected chi connectivity index (χ4v) is 3.01. The van der Waals surface area contributed by atoms with Gasteiger partial charge in [-0.1, -0.05) is 44.2 Å². The number of hydrogen-bond acceptors (Lipinski definition) is 4. The lowest BCUT2D eigenvalue weighted by Crippen LogP contribution is -2.35. The third-order valence-electron chi connectivity index (χ3n) is 3.85. The third-order valence-corrected chi connectivity index (χ3v) is 4.47. The van der Waals surface area contributed by atoms with Gasteiger partial charge >= 0.3 is 5.97 Å². The van der Waals surface area contributed by atoms with Gasteiger partial charge in [-0.25, -0.2) is 4.79 Å². The van der Waals surface area contributed by atoms with Crippen molar-refractivity contribution in [2.75, 3.05) is 13.7 Å². The summed E-state index contributed by atoms with van der Waals surface area (Å²) in [6.45, 7) is 3.99. The van der Waals surface area contributed by atoms with Gasteiger partial charge in [0.05, 0.1) is 23.2 Å². The minimum atomic E-state index is -0.433. The standard InChI is InChI=1S/C20H22BrNO4/c1-13(2)19(14-7-5-4-6-8-14)22-18(23)12-26-17-10-9-15(11-16(17)21)20(24)25-3/h4-11,13,19H,12H2,1-3H3,(H,22,23)/t19-/m0/s1. The number of carbonyl (C=O) groups excluding carboxylic acids is 2. The molecule has 0 aliphatic heterocycles. The number of hydrogen-bond donors (Lipinski definition) is 1. The number of carbonyl (C=O) groups is 2. The number of ether oxygens (including phenoxy) is 2. The predicted molar refractivity (Wildman–Crippen MR) is 103 cm³/mol. The molecule has 0 saturated carbocycles. The first-order valence-corrected chi connectivity index (χ1v) is 9.06. The van der Waals surface area contributed by atoms with E-state index in [1.54, 1.807) is 18.2 Å². The Morgan fingerprint density at radius 2 is 1.81 bits per heavy atom. The molecule has 2 rings (SSSR count). The number of halogens is 1. The SMILES string of the molecule is COC(=O)c1ccc(OCC(=O)N[C@H](c2ccccc2)C(C)C)c(Br)c1. The van der Waals surface area contributed by atoms with E-state index in [0.717, 1.165) is 5.56 Å². The molecule has 0 saturated heterocycles. The Morgan fingerprint density at radius 3 is 2.38 bits per heavy atom. The summed E-state index contributed by atoms with van der Waals surface area (Å²) in [7, 11) is 1.32. The topological polar surface area (TPSA) is 64.6 Å². The minimum absolute atomic E-state index is 0.0857. The molecule has 0 radical (unpaired) electrons. The number of methoxy groups -OCH3 is 1. The lowest BCUT2D eigenvalue weighted by atomic mass is 9.96. The first-order valence-electron chi connectivity index (χ1n) is 8.27. The molecule has 26 heavy (non-hydrogen) atoms. The molecule has 5 nitrogen and oxygen atoms in total. The molecule has 0 spiro atoms. The number of amides is 1. The number of nitrogens with one attached hydrogen (secondary N) is 1. The van der Waals surface area contributed by atoms with E-state index in [-0.39, 0.29) is 24.5 Å². The Labute approximate surface area is 161 Å². The number of esters is 1. The van der Waals surface area contributed by atoms with Gasteiger partial charge in [0.2, 0.25) is 0 Å². The lowest BCUT2D eigenvalue weighted by molar-refractivity contribution is -0.124. The van der Waals surface area contributed by atoms with E-state index in [2.05, 4.69) is 39.8 Å². The van der Waals surface area contributed by atoms with Crippen LogP contribution in [0.25, 0.3) is 0 Å². The van der Waals surface area contributed by atoms with Crippen molar-refractivity contribution in [3.8, 4) is 5.75 Å². The fourth-order valence-electron chi connectivity index (χ4n) is 2.52. The van der Waals surface area contributed by atoms with E-state index in [1.807, 2.05) is 30.3 Å². The van der Waals surface area contributed by atoms with Crippen molar-refractivity contribution in [3.05, 3.63) is 64.1 Å². The molecule has 138 valence electrons. The molecule has 0 fully saturated rings. The Morgan fingerprint density at radius 1 is 1.12 bits per heavy atom. The Kier molecular flexibility index (Phi) is 7.21. The van der Waals surface area contributed by atoms with E-state index in [9.17, 15) is 9.59 Å². The Balaban J connectivity index is 1.98. The summed E-state index contributed by atoms with van der Waals surface area (Å²) in [5.41, 5.74) is 1.46. The van der Waals surface area contributed by atoms with Crippen LogP contribution in [-0.2, 0) is 9.53 Å². The molecule has 1 atom stereocenters. The van der Waals surface area contributed by atoms with Crippen LogP contribution in [0, 0.1) is 5.92 Å². The van der Waals surface area contributed by atoms with Crippen LogP contribution in [0.3, 0.4) is 0 Å². The highest BCUT2D eigenvalue weighted by Gasteiger charge is 2.18. The van der Waals surface area contributed by atoms with Gasteiger partial charge in [0, 0.05) is 0 Å². The summed E-state index contributed by atoms with van der Waals surface area (Å²) < 4.78 is 10.8. The lowest BCUT2D eigenvalue weighted by Gasteiger charge is -2.23. The molecular weight excluding hydrogens is 398 g/mol. The highest BCUT2D eigenvalue weighted by molar-refractivity contribution is 9.10. The monoisotopic (exact) mass is 419 g/mol. The molecule has 2 aromatic carbocycles. The van der Waals surface area contributed by atoms with Crippen molar-refractivity contribution in [2.45, 2.75) is 19.9 Å². The molecule has 0 bridgehead atoms. The maximum Gasteiger partial charge on any atom is 0.337 e. The molecule has 1 amide bonds. The summed E-state index contributed by atoms with van der Waals surface area (Å²) in [5, 5.41) is 3.01. The van der Waals surface area contributed by atoms with Gasteiger partial charge in [-0.15, -0.1) is 0 Å². The van der Waals surface area contributed by atoms with Gasteiger partial charge in [-0.05, 0) is 45.6 Å². The van der Waals surface area contributed by atoms with Crippen molar-refractivity contribution < 1.29 is 19.1 Å². The van der Waals surface area contributed by atoms with Crippen LogP contribution in [0.15, 0.2) is 53.0 Å². The quantitative estimate of drug-likeness (QED) is 0.685. The van der Waals surface area contributed by atoms with Crippen LogP contribution in [0.1, 0.15) is 35.8 Å². The molecule has 0 unspecified atom stereocenters. The van der Waals surface area contributed by atoms with Crippen LogP contribution in [0.2, 0.25) is 0 Å². The minimum Gasteiger partial charge on any atom is -0.483 e. The molecular formula is C20H22BrNO4. The van der Waals surface area contributed by atoms with Gasteiger partial charge in [-0.3, -0.25) is 4.79 Å². The molecule has 2 aromatic rings. The fraction of sp³-hybridized carbons (Fsp3) is 0.300. The van der Waals surface area contributed by atoms with Gasteiger partial charge in [-0.2, -0.15) is 0 Å². The van der Waals surface area contributed by atoms with Gasteiger partial charge in [0.25, 0.3) is 5.91 Å². The highest BCUT2D eigenvalue weighted by atomic mass is 79.9. The molecule has 0 heterocycles. The molecule has 0 aromatic heterocycles. The van der Waals surface area contributed by atoms with Crippen LogP contribution in [0.4, 0.5) is 0 Å². The largest absolute Gasteiger partial charge is 0.483 e. The summed E-state index contributed by atoms with van der Waals surface area (Å²) in [6.07, 6.45) is 0. The average molecular weight is 420 g/mol. The van der Waals surface area contributed by atoms with Crippen LogP contribution in [0.5, 0.6) is 5.75 Å². The van der Waals surface area contributed by atoms with Crippen molar-refractivity contribution in [3.63, 3.8) is 0 Å². The van der Waals surface area contributed by atoms with Crippen LogP contribution in [-0.4, -0.2) is 25.6 Å². The maximum atomic E-state index is 12.3. The first-order chi connectivity index (χ1) is 12.4. The zero-order valence-electron chi connectivity index (χ0n) is 15.0. The molecule has 1 N–H and O–H groups in total. The Bertz CT molecular complexity index is 762. The van der Waals surface area contributed by atoms with Crippen LogP contribution >= 0.6 is 15.9 Å². The summed E-state index contributed by atoms with van der Waals surface area (Å²) in [5.74, 6) is 0.0789. The highest BCUT2D eigenvalue weighted by Crippen LogP contribution is 2.26. The number of benzene rings is 2. The van der Waals surface area contributed by atoms with Gasteiger partial charge < -0.3 is 14.8 Å². The second-order valence-corrected chi connectivity index (χ2v) is 6.98. The summed E-state index contributed by atoms with van der Waals surface area (Å²) in [4.78, 5) is 23.8. The summed E-state index contributed by atoms with van der Waals surface area (Å²) in [6, 6.07) is 14.6. The van der Waals surface area contributed by atoms with Gasteiger partial charge in [0.1, 0.15) is 5.75 Å². The van der Waals surface area contributed by atoms with Crippen molar-refractivity contribution in [1.29, 1.82) is 0 Å². The molecule has 0 aliphatic rings. The normalized spacial score (nSPS) is 11.7. The van der Waals surface area contributed by atoms with Crippen molar-refractivity contribution in [1.82, 2.24) is 5.32 Å². The van der Waals surface area contributed by atoms with E-state index < -0.39 is 5.97 Å². The summed E-state index contributed by atoms with van der Waals surface area (Å²) >= 11 is 3.34. The number of rotatable bonds is 7. The van der Waals surface area contributed by atoms with Crippen molar-refractivity contribution >= 4 is 27.8 Å². The van der Waals surface area contributed by atoms with Crippen molar-refractivity contribution in [2.24, 2.45) is 5.92 Å². The molecule has 6 heteroatoms.